The number of hydrogen-bond acceptors (Lipinski definition) is 7. The van der Waals surface area contributed by atoms with Gasteiger partial charge >= 0.3 is 5.97 Å². The molecule has 150 valence electrons. The number of nitrogens with zero attached hydrogens (tertiary/aromatic N) is 2. The summed E-state index contributed by atoms with van der Waals surface area (Å²) < 4.78 is 5.20. The van der Waals surface area contributed by atoms with E-state index in [4.69, 9.17) is 4.74 Å². The van der Waals surface area contributed by atoms with E-state index in [2.05, 4.69) is 4.98 Å². The summed E-state index contributed by atoms with van der Waals surface area (Å²) in [5, 5.41) is 21.3. The minimum absolute atomic E-state index is 0.0563. The maximum Gasteiger partial charge on any atom is 0.342 e. The molecule has 0 atom stereocenters. The Kier molecular flexibility index (Phi) is 5.84. The number of aromatic nitrogens is 1. The molecule has 0 unspecified atom stereocenters. The van der Waals surface area contributed by atoms with Gasteiger partial charge in [-0.1, -0.05) is 18.2 Å². The van der Waals surface area contributed by atoms with Crippen molar-refractivity contribution in [3.05, 3.63) is 64.2 Å². The molecule has 3 aromatic rings. The molecular weight excluding hydrogens is 392 g/mol. The van der Waals surface area contributed by atoms with Crippen molar-refractivity contribution >= 4 is 34.0 Å². The van der Waals surface area contributed by atoms with Crippen LogP contribution in [0, 0.1) is 13.8 Å². The molecule has 2 aromatic carbocycles. The molecule has 8 heteroatoms. The first kappa shape index (κ1) is 20.3. The summed E-state index contributed by atoms with van der Waals surface area (Å²) in [5.41, 5.74) is 3.11. The van der Waals surface area contributed by atoms with Crippen LogP contribution in [0.15, 0.2) is 41.8 Å². The van der Waals surface area contributed by atoms with Crippen molar-refractivity contribution in [2.75, 3.05) is 4.90 Å². The number of benzene rings is 2. The summed E-state index contributed by atoms with van der Waals surface area (Å²) in [7, 11) is 0. The minimum Gasteiger partial charge on any atom is -0.508 e. The largest absolute Gasteiger partial charge is 0.508 e. The normalized spacial score (nSPS) is 10.6. The van der Waals surface area contributed by atoms with Crippen molar-refractivity contribution < 1.29 is 24.5 Å². The number of esters is 1. The second-order valence-electron chi connectivity index (χ2n) is 6.49. The minimum atomic E-state index is -0.741. The molecule has 3 rings (SSSR count). The lowest BCUT2D eigenvalue weighted by Crippen LogP contribution is -2.24. The number of aromatic hydroxyl groups is 2. The van der Waals surface area contributed by atoms with Crippen LogP contribution in [0.5, 0.6) is 11.5 Å². The molecule has 1 heterocycles. The second kappa shape index (κ2) is 8.32. The van der Waals surface area contributed by atoms with Gasteiger partial charge in [0, 0.05) is 18.4 Å². The van der Waals surface area contributed by atoms with E-state index in [1.54, 1.807) is 10.3 Å². The van der Waals surface area contributed by atoms with Crippen LogP contribution in [0.1, 0.15) is 34.1 Å². The Morgan fingerprint density at radius 3 is 2.45 bits per heavy atom. The Hall–Kier alpha value is -3.39. The first-order chi connectivity index (χ1) is 13.8. The summed E-state index contributed by atoms with van der Waals surface area (Å²) in [6.07, 6.45) is 0. The predicted molar refractivity (Wildman–Crippen MR) is 110 cm³/mol. The molecule has 7 nitrogen and oxygen atoms in total. The standard InChI is InChI=1S/C21H20N2O5S/c1-12-5-4-6-13(2)19(12)23(14(3)24)21-22-15(11-29-21)10-28-20(27)17-8-7-16(25)9-18(17)26/h4-9,11,25-26H,10H2,1-3H3. The highest BCUT2D eigenvalue weighted by Gasteiger charge is 2.22. The average molecular weight is 412 g/mol. The summed E-state index contributed by atoms with van der Waals surface area (Å²) in [6.45, 7) is 5.21. The topological polar surface area (TPSA) is 100.0 Å². The molecule has 0 saturated heterocycles. The molecule has 29 heavy (non-hydrogen) atoms. The number of anilines is 2. The molecule has 0 aliphatic heterocycles. The van der Waals surface area contributed by atoms with Gasteiger partial charge in [-0.05, 0) is 37.1 Å². The van der Waals surface area contributed by atoms with E-state index in [0.29, 0.717) is 10.8 Å². The van der Waals surface area contributed by atoms with Crippen molar-refractivity contribution in [1.29, 1.82) is 0 Å². The number of amides is 1. The summed E-state index contributed by atoms with van der Waals surface area (Å²) in [6, 6.07) is 9.41. The number of rotatable bonds is 5. The van der Waals surface area contributed by atoms with Crippen molar-refractivity contribution in [3.63, 3.8) is 0 Å². The van der Waals surface area contributed by atoms with Crippen molar-refractivity contribution in [2.45, 2.75) is 27.4 Å². The van der Waals surface area contributed by atoms with Gasteiger partial charge < -0.3 is 14.9 Å². The van der Waals surface area contributed by atoms with Crippen LogP contribution in [0.4, 0.5) is 10.8 Å². The van der Waals surface area contributed by atoms with Gasteiger partial charge in [-0.2, -0.15) is 0 Å². The molecule has 2 N–H and O–H groups in total. The number of phenolic OH excluding ortho intramolecular Hbond substituents is 2. The van der Waals surface area contributed by atoms with Crippen LogP contribution < -0.4 is 4.90 Å². The lowest BCUT2D eigenvalue weighted by molar-refractivity contribution is -0.115. The molecule has 0 radical (unpaired) electrons. The van der Waals surface area contributed by atoms with E-state index in [9.17, 15) is 19.8 Å². The maximum absolute atomic E-state index is 12.3. The highest BCUT2D eigenvalue weighted by atomic mass is 32.1. The number of para-hydroxylation sites is 1. The first-order valence-electron chi connectivity index (χ1n) is 8.78. The first-order valence-corrected chi connectivity index (χ1v) is 9.66. The molecule has 0 aliphatic carbocycles. The fourth-order valence-electron chi connectivity index (χ4n) is 2.92. The quantitative estimate of drug-likeness (QED) is 0.609. The van der Waals surface area contributed by atoms with Gasteiger partial charge in [-0.3, -0.25) is 9.69 Å². The number of aryl methyl sites for hydroxylation is 2. The highest BCUT2D eigenvalue weighted by molar-refractivity contribution is 7.14. The molecule has 0 bridgehead atoms. The zero-order chi connectivity index (χ0) is 21.1. The van der Waals surface area contributed by atoms with Crippen molar-refractivity contribution in [2.24, 2.45) is 0 Å². The summed E-state index contributed by atoms with van der Waals surface area (Å²) in [4.78, 5) is 30.5. The van der Waals surface area contributed by atoms with Gasteiger partial charge in [0.2, 0.25) is 5.91 Å². The van der Waals surface area contributed by atoms with Gasteiger partial charge in [-0.15, -0.1) is 11.3 Å². The number of hydrogen-bond donors (Lipinski definition) is 2. The van der Waals surface area contributed by atoms with Gasteiger partial charge in [0.25, 0.3) is 0 Å². The Bertz CT molecular complexity index is 1060. The van der Waals surface area contributed by atoms with Crippen molar-refractivity contribution in [1.82, 2.24) is 4.98 Å². The second-order valence-corrected chi connectivity index (χ2v) is 7.33. The van der Waals surface area contributed by atoms with Crippen LogP contribution in [-0.4, -0.2) is 27.1 Å². The lowest BCUT2D eigenvalue weighted by atomic mass is 10.1. The Labute approximate surface area is 171 Å². The molecule has 1 amide bonds. The smallest absolute Gasteiger partial charge is 0.342 e. The fourth-order valence-corrected chi connectivity index (χ4v) is 3.78. The molecule has 0 spiro atoms. The zero-order valence-electron chi connectivity index (χ0n) is 16.2. The van der Waals surface area contributed by atoms with Crippen molar-refractivity contribution in [3.8, 4) is 11.5 Å². The van der Waals surface area contributed by atoms with Crippen LogP contribution in [-0.2, 0) is 16.1 Å². The SMILES string of the molecule is CC(=O)N(c1nc(COC(=O)c2ccc(O)cc2O)cs1)c1c(C)cccc1C. The van der Waals surface area contributed by atoms with E-state index in [1.807, 2.05) is 32.0 Å². The van der Waals surface area contributed by atoms with Gasteiger partial charge in [0.1, 0.15) is 23.7 Å². The molecule has 0 saturated carbocycles. The number of thiazole rings is 1. The maximum atomic E-state index is 12.3. The molecule has 0 aliphatic rings. The Morgan fingerprint density at radius 2 is 1.83 bits per heavy atom. The molecular formula is C21H20N2O5S. The van der Waals surface area contributed by atoms with Crippen LogP contribution >= 0.6 is 11.3 Å². The fraction of sp³-hybridized carbons (Fsp3) is 0.190. The number of phenols is 2. The van der Waals surface area contributed by atoms with E-state index in [1.165, 1.54) is 30.4 Å². The van der Waals surface area contributed by atoms with E-state index in [0.717, 1.165) is 22.9 Å². The van der Waals surface area contributed by atoms with Gasteiger partial charge in [-0.25, -0.2) is 9.78 Å². The molecule has 1 aromatic heterocycles. The van der Waals surface area contributed by atoms with Gasteiger partial charge in [0.15, 0.2) is 5.13 Å². The Morgan fingerprint density at radius 1 is 1.14 bits per heavy atom. The zero-order valence-corrected chi connectivity index (χ0v) is 17.0. The predicted octanol–water partition coefficient (Wildman–Crippen LogP) is 4.21. The monoisotopic (exact) mass is 412 g/mol. The third-order valence-corrected chi connectivity index (χ3v) is 5.14. The van der Waals surface area contributed by atoms with E-state index >= 15 is 0 Å². The number of ether oxygens (including phenoxy) is 1. The van der Waals surface area contributed by atoms with Crippen LogP contribution in [0.2, 0.25) is 0 Å². The van der Waals surface area contributed by atoms with Gasteiger partial charge in [0.05, 0.1) is 11.4 Å². The lowest BCUT2D eigenvalue weighted by Gasteiger charge is -2.22. The Balaban J connectivity index is 1.79. The van der Waals surface area contributed by atoms with E-state index in [-0.39, 0.29) is 29.6 Å². The summed E-state index contributed by atoms with van der Waals surface area (Å²) >= 11 is 1.27. The third-order valence-electron chi connectivity index (χ3n) is 4.26. The van der Waals surface area contributed by atoms with E-state index < -0.39 is 5.97 Å². The van der Waals surface area contributed by atoms with Crippen LogP contribution in [0.25, 0.3) is 0 Å². The highest BCUT2D eigenvalue weighted by Crippen LogP contribution is 2.34. The molecule has 0 fully saturated rings. The van der Waals surface area contributed by atoms with Crippen LogP contribution in [0.3, 0.4) is 0 Å². The number of carbonyl (C=O) groups is 2. The number of carbonyl (C=O) groups excluding carboxylic acids is 2. The third kappa shape index (κ3) is 4.38. The summed E-state index contributed by atoms with van der Waals surface area (Å²) in [5.74, 6) is -1.43. The average Bonchev–Trinajstić information content (AvgIpc) is 3.11.